The number of nitrogens with one attached hydrogen (secondary N) is 1. The van der Waals surface area contributed by atoms with Crippen LogP contribution in [0.3, 0.4) is 0 Å². The minimum atomic E-state index is -0.242. The Bertz CT molecular complexity index is 909. The van der Waals surface area contributed by atoms with Gasteiger partial charge in [0.2, 0.25) is 5.91 Å². The lowest BCUT2D eigenvalue weighted by atomic mass is 9.96. The van der Waals surface area contributed by atoms with Crippen LogP contribution >= 0.6 is 0 Å². The van der Waals surface area contributed by atoms with Crippen LogP contribution in [0.4, 0.5) is 5.82 Å². The molecule has 2 aliphatic heterocycles. The highest BCUT2D eigenvalue weighted by molar-refractivity contribution is 5.96. The molecule has 4 rings (SSSR count). The standard InChI is InChI=1S/C24H29N3O4/c1-17-5-2-12-25-22(17)26-23(28)19-6-3-13-27(15-19)24(29)18-8-10-20(11-9-18)31-16-21-7-4-14-30-21/h2,5,8-12,19,21H,3-4,6-7,13-16H2,1H3,(H,25,26,28). The Kier molecular flexibility index (Phi) is 6.82. The van der Waals surface area contributed by atoms with Crippen molar-refractivity contribution in [3.05, 3.63) is 53.7 Å². The fourth-order valence-corrected chi connectivity index (χ4v) is 4.05. The molecule has 31 heavy (non-hydrogen) atoms. The van der Waals surface area contributed by atoms with Crippen LogP contribution in [0, 0.1) is 12.8 Å². The predicted molar refractivity (Wildman–Crippen MR) is 117 cm³/mol. The smallest absolute Gasteiger partial charge is 0.253 e. The summed E-state index contributed by atoms with van der Waals surface area (Å²) in [6.07, 6.45) is 5.49. The van der Waals surface area contributed by atoms with E-state index in [1.165, 1.54) is 0 Å². The van der Waals surface area contributed by atoms with Gasteiger partial charge in [0.25, 0.3) is 5.91 Å². The largest absolute Gasteiger partial charge is 0.491 e. The molecule has 164 valence electrons. The minimum Gasteiger partial charge on any atom is -0.491 e. The fourth-order valence-electron chi connectivity index (χ4n) is 4.05. The molecule has 2 aromatic rings. The van der Waals surface area contributed by atoms with Crippen LogP contribution < -0.4 is 10.1 Å². The van der Waals surface area contributed by atoms with Gasteiger partial charge in [-0.05, 0) is 68.5 Å². The third-order valence-electron chi connectivity index (χ3n) is 5.89. The fraction of sp³-hybridized carbons (Fsp3) is 0.458. The Morgan fingerprint density at radius 2 is 2.03 bits per heavy atom. The number of rotatable bonds is 6. The summed E-state index contributed by atoms with van der Waals surface area (Å²) < 4.78 is 11.3. The van der Waals surface area contributed by atoms with E-state index in [9.17, 15) is 9.59 Å². The highest BCUT2D eigenvalue weighted by Gasteiger charge is 2.29. The molecular weight excluding hydrogens is 394 g/mol. The summed E-state index contributed by atoms with van der Waals surface area (Å²) in [5.74, 6) is 0.922. The number of hydrogen-bond acceptors (Lipinski definition) is 5. The SMILES string of the molecule is Cc1cccnc1NC(=O)C1CCCN(C(=O)c2ccc(OCC3CCCO3)cc2)C1. The first-order valence-corrected chi connectivity index (χ1v) is 11.0. The quantitative estimate of drug-likeness (QED) is 0.770. The summed E-state index contributed by atoms with van der Waals surface area (Å²) in [6, 6.07) is 11.0. The van der Waals surface area contributed by atoms with Crippen molar-refractivity contribution in [2.24, 2.45) is 5.92 Å². The summed E-state index contributed by atoms with van der Waals surface area (Å²) in [6.45, 7) is 4.31. The zero-order valence-corrected chi connectivity index (χ0v) is 17.9. The molecule has 0 aliphatic carbocycles. The number of carbonyl (C=O) groups is 2. The van der Waals surface area contributed by atoms with E-state index in [2.05, 4.69) is 10.3 Å². The second-order valence-electron chi connectivity index (χ2n) is 8.22. The van der Waals surface area contributed by atoms with E-state index in [4.69, 9.17) is 9.47 Å². The highest BCUT2D eigenvalue weighted by atomic mass is 16.5. The topological polar surface area (TPSA) is 80.8 Å². The van der Waals surface area contributed by atoms with Crippen molar-refractivity contribution in [1.29, 1.82) is 0 Å². The van der Waals surface area contributed by atoms with Crippen molar-refractivity contribution in [2.45, 2.75) is 38.7 Å². The van der Waals surface area contributed by atoms with Crippen molar-refractivity contribution < 1.29 is 19.1 Å². The molecule has 0 spiro atoms. The molecule has 0 radical (unpaired) electrons. The summed E-state index contributed by atoms with van der Waals surface area (Å²) in [5.41, 5.74) is 1.52. The van der Waals surface area contributed by atoms with Gasteiger partial charge in [-0.15, -0.1) is 0 Å². The van der Waals surface area contributed by atoms with Crippen LogP contribution in [0.2, 0.25) is 0 Å². The number of ether oxygens (including phenoxy) is 2. The van der Waals surface area contributed by atoms with Crippen LogP contribution in [0.25, 0.3) is 0 Å². The van der Waals surface area contributed by atoms with Crippen LogP contribution in [0.15, 0.2) is 42.6 Å². The lowest BCUT2D eigenvalue weighted by molar-refractivity contribution is -0.121. The van der Waals surface area contributed by atoms with Gasteiger partial charge in [-0.3, -0.25) is 9.59 Å². The van der Waals surface area contributed by atoms with Crippen LogP contribution in [0.1, 0.15) is 41.6 Å². The molecular formula is C24H29N3O4. The molecule has 2 amide bonds. The average molecular weight is 424 g/mol. The van der Waals surface area contributed by atoms with E-state index in [1.54, 1.807) is 23.2 Å². The third kappa shape index (κ3) is 5.41. The maximum absolute atomic E-state index is 13.0. The molecule has 2 saturated heterocycles. The lowest BCUT2D eigenvalue weighted by Gasteiger charge is -2.32. The number of pyridine rings is 1. The summed E-state index contributed by atoms with van der Waals surface area (Å²) in [4.78, 5) is 31.7. The summed E-state index contributed by atoms with van der Waals surface area (Å²) in [5, 5.41) is 2.91. The molecule has 1 N–H and O–H groups in total. The monoisotopic (exact) mass is 423 g/mol. The van der Waals surface area contributed by atoms with Gasteiger partial charge < -0.3 is 19.7 Å². The average Bonchev–Trinajstić information content (AvgIpc) is 3.33. The van der Waals surface area contributed by atoms with Crippen LogP contribution in [-0.2, 0) is 9.53 Å². The number of hydrogen-bond donors (Lipinski definition) is 1. The first kappa shape index (κ1) is 21.3. The number of benzene rings is 1. The van der Waals surface area contributed by atoms with Gasteiger partial charge in [0, 0.05) is 31.5 Å². The van der Waals surface area contributed by atoms with Crippen LogP contribution in [-0.4, -0.2) is 54.1 Å². The maximum Gasteiger partial charge on any atom is 0.253 e. The number of likely N-dealkylation sites (tertiary alicyclic amines) is 1. The molecule has 7 nitrogen and oxygen atoms in total. The Balaban J connectivity index is 1.32. The van der Waals surface area contributed by atoms with Gasteiger partial charge in [0.15, 0.2) is 0 Å². The number of carbonyl (C=O) groups excluding carboxylic acids is 2. The van der Waals surface area contributed by atoms with Crippen molar-refractivity contribution in [1.82, 2.24) is 9.88 Å². The highest BCUT2D eigenvalue weighted by Crippen LogP contribution is 2.22. The second kappa shape index (κ2) is 9.92. The number of aryl methyl sites for hydroxylation is 1. The van der Waals surface area contributed by atoms with E-state index >= 15 is 0 Å². The molecule has 2 fully saturated rings. The van der Waals surface area contributed by atoms with E-state index in [-0.39, 0.29) is 23.8 Å². The summed E-state index contributed by atoms with van der Waals surface area (Å²) in [7, 11) is 0. The van der Waals surface area contributed by atoms with Crippen molar-refractivity contribution in [3.8, 4) is 5.75 Å². The first-order chi connectivity index (χ1) is 15.1. The van der Waals surface area contributed by atoms with Gasteiger partial charge >= 0.3 is 0 Å². The molecule has 1 aromatic carbocycles. The Hall–Kier alpha value is -2.93. The van der Waals surface area contributed by atoms with Crippen molar-refractivity contribution in [2.75, 3.05) is 31.6 Å². The predicted octanol–water partition coefficient (Wildman–Crippen LogP) is 3.44. The second-order valence-corrected chi connectivity index (χ2v) is 8.22. The van der Waals surface area contributed by atoms with Crippen molar-refractivity contribution >= 4 is 17.6 Å². The molecule has 2 unspecified atom stereocenters. The van der Waals surface area contributed by atoms with Gasteiger partial charge in [0.1, 0.15) is 18.2 Å². The van der Waals surface area contributed by atoms with E-state index < -0.39 is 0 Å². The number of aromatic nitrogens is 1. The zero-order valence-electron chi connectivity index (χ0n) is 17.9. The molecule has 3 heterocycles. The number of piperidine rings is 1. The Labute approximate surface area is 182 Å². The van der Waals surface area contributed by atoms with Gasteiger partial charge in [0.05, 0.1) is 12.0 Å². The molecule has 2 atom stereocenters. The molecule has 2 aliphatic rings. The van der Waals surface area contributed by atoms with E-state index in [0.717, 1.165) is 43.6 Å². The normalized spacial score (nSPS) is 21.0. The Morgan fingerprint density at radius 1 is 1.19 bits per heavy atom. The zero-order chi connectivity index (χ0) is 21.6. The first-order valence-electron chi connectivity index (χ1n) is 11.0. The number of anilines is 1. The Morgan fingerprint density at radius 3 is 2.77 bits per heavy atom. The van der Waals surface area contributed by atoms with E-state index in [0.29, 0.717) is 31.1 Å². The van der Waals surface area contributed by atoms with E-state index in [1.807, 2.05) is 31.2 Å². The van der Waals surface area contributed by atoms with Gasteiger partial charge in [-0.25, -0.2) is 4.98 Å². The van der Waals surface area contributed by atoms with Gasteiger partial charge in [-0.2, -0.15) is 0 Å². The number of amides is 2. The summed E-state index contributed by atoms with van der Waals surface area (Å²) >= 11 is 0. The molecule has 7 heteroatoms. The van der Waals surface area contributed by atoms with Crippen LogP contribution in [0.5, 0.6) is 5.75 Å². The van der Waals surface area contributed by atoms with Gasteiger partial charge in [-0.1, -0.05) is 6.07 Å². The maximum atomic E-state index is 13.0. The number of nitrogens with zero attached hydrogens (tertiary/aromatic N) is 2. The third-order valence-corrected chi connectivity index (χ3v) is 5.89. The van der Waals surface area contributed by atoms with Crippen molar-refractivity contribution in [3.63, 3.8) is 0 Å². The lowest BCUT2D eigenvalue weighted by Crippen LogP contribution is -2.43. The molecule has 0 bridgehead atoms. The molecule has 0 saturated carbocycles. The minimum absolute atomic E-state index is 0.0582. The molecule has 1 aromatic heterocycles.